The first-order valence-electron chi connectivity index (χ1n) is 10.0. The number of carbonyl (C=O) groups is 1. The highest BCUT2D eigenvalue weighted by molar-refractivity contribution is 6.05. The quantitative estimate of drug-likeness (QED) is 0.506. The van der Waals surface area contributed by atoms with Crippen molar-refractivity contribution < 1.29 is 13.9 Å². The minimum absolute atomic E-state index is 0.101. The second-order valence-corrected chi connectivity index (χ2v) is 7.30. The molecule has 2 aromatic heterocycles. The van der Waals surface area contributed by atoms with Gasteiger partial charge in [-0.2, -0.15) is 0 Å². The van der Waals surface area contributed by atoms with E-state index < -0.39 is 6.10 Å². The lowest BCUT2D eigenvalue weighted by molar-refractivity contribution is -0.0247. The van der Waals surface area contributed by atoms with Crippen LogP contribution in [0.1, 0.15) is 22.2 Å². The first kappa shape index (κ1) is 19.3. The van der Waals surface area contributed by atoms with E-state index >= 15 is 0 Å². The Kier molecular flexibility index (Phi) is 5.09. The number of benzene rings is 2. The highest BCUT2D eigenvalue weighted by Gasteiger charge is 2.28. The molecule has 1 amide bonds. The maximum Gasteiger partial charge on any atom is 0.256 e. The average molecular weight is 414 g/mol. The number of hydrogen-bond acceptors (Lipinski definition) is 5. The van der Waals surface area contributed by atoms with E-state index in [1.165, 1.54) is 12.3 Å². The van der Waals surface area contributed by atoms with Crippen LogP contribution in [0.5, 0.6) is 0 Å². The van der Waals surface area contributed by atoms with Gasteiger partial charge in [0, 0.05) is 23.7 Å². The summed E-state index contributed by atoms with van der Waals surface area (Å²) in [5.41, 5.74) is 2.61. The highest BCUT2D eigenvalue weighted by atomic mass is 19.1. The number of fused-ring (bicyclic) bond motifs is 1. The number of amides is 1. The molecule has 0 bridgehead atoms. The van der Waals surface area contributed by atoms with Gasteiger partial charge in [-0.25, -0.2) is 9.37 Å². The van der Waals surface area contributed by atoms with Gasteiger partial charge in [-0.1, -0.05) is 30.3 Å². The topological polar surface area (TPSA) is 68.2 Å². The van der Waals surface area contributed by atoms with Gasteiger partial charge in [-0.15, -0.1) is 0 Å². The third-order valence-corrected chi connectivity index (χ3v) is 5.35. The van der Waals surface area contributed by atoms with Gasteiger partial charge in [0.2, 0.25) is 0 Å². The van der Waals surface area contributed by atoms with Crippen LogP contribution in [-0.2, 0) is 4.74 Å². The van der Waals surface area contributed by atoms with E-state index in [4.69, 9.17) is 4.74 Å². The monoisotopic (exact) mass is 414 g/mol. The zero-order valence-electron chi connectivity index (χ0n) is 16.6. The van der Waals surface area contributed by atoms with E-state index in [2.05, 4.69) is 15.0 Å². The number of para-hydroxylation sites is 1. The molecule has 1 aliphatic rings. The summed E-state index contributed by atoms with van der Waals surface area (Å²) in [4.78, 5) is 28.2. The molecule has 0 N–H and O–H groups in total. The Balaban J connectivity index is 1.41. The number of ether oxygens (including phenoxy) is 1. The summed E-state index contributed by atoms with van der Waals surface area (Å²) in [5, 5.41) is 0.918. The van der Waals surface area contributed by atoms with Crippen LogP contribution in [0.3, 0.4) is 0 Å². The number of aromatic nitrogens is 3. The van der Waals surface area contributed by atoms with E-state index in [9.17, 15) is 9.18 Å². The summed E-state index contributed by atoms with van der Waals surface area (Å²) in [6.45, 7) is 1.18. The number of rotatable bonds is 3. The van der Waals surface area contributed by atoms with Crippen molar-refractivity contribution in [2.45, 2.75) is 6.10 Å². The molecule has 1 aliphatic heterocycles. The largest absolute Gasteiger partial charge is 0.368 e. The van der Waals surface area contributed by atoms with Gasteiger partial charge < -0.3 is 9.64 Å². The standard InChI is InChI=1S/C24H19FN4O2/c25-19-9-2-1-7-17(19)20-13-26-14-21(28-20)22-15-29(11-12-31-22)24(30)18-8-3-5-16-6-4-10-27-23(16)18/h1-10,13-14,22H,11-12,15H2/t22-/m1/s1. The van der Waals surface area contributed by atoms with Crippen molar-refractivity contribution in [2.75, 3.05) is 19.7 Å². The van der Waals surface area contributed by atoms with E-state index in [1.807, 2.05) is 24.3 Å². The Bertz CT molecular complexity index is 1260. The second-order valence-electron chi connectivity index (χ2n) is 7.30. The van der Waals surface area contributed by atoms with E-state index in [0.717, 1.165) is 5.39 Å². The lowest BCUT2D eigenvalue weighted by atomic mass is 10.1. The summed E-state index contributed by atoms with van der Waals surface area (Å²) < 4.78 is 20.1. The van der Waals surface area contributed by atoms with Crippen molar-refractivity contribution in [3.63, 3.8) is 0 Å². The predicted molar refractivity (Wildman–Crippen MR) is 114 cm³/mol. The van der Waals surface area contributed by atoms with Gasteiger partial charge in [0.15, 0.2) is 0 Å². The summed E-state index contributed by atoms with van der Waals surface area (Å²) in [6, 6.07) is 15.8. The molecule has 0 unspecified atom stereocenters. The van der Waals surface area contributed by atoms with Gasteiger partial charge in [-0.05, 0) is 24.3 Å². The minimum atomic E-state index is -0.445. The second kappa shape index (κ2) is 8.20. The Morgan fingerprint density at radius 2 is 1.94 bits per heavy atom. The molecule has 7 heteroatoms. The fourth-order valence-electron chi connectivity index (χ4n) is 3.79. The summed E-state index contributed by atoms with van der Waals surface area (Å²) in [7, 11) is 0. The van der Waals surface area contributed by atoms with E-state index in [-0.39, 0.29) is 11.7 Å². The number of nitrogens with zero attached hydrogens (tertiary/aromatic N) is 4. The van der Waals surface area contributed by atoms with Crippen molar-refractivity contribution in [3.05, 3.63) is 90.3 Å². The van der Waals surface area contributed by atoms with Crippen LogP contribution in [0.4, 0.5) is 4.39 Å². The van der Waals surface area contributed by atoms with Gasteiger partial charge in [0.1, 0.15) is 11.9 Å². The average Bonchev–Trinajstić information content (AvgIpc) is 2.84. The molecule has 0 saturated carbocycles. The molecular weight excluding hydrogens is 395 g/mol. The zero-order chi connectivity index (χ0) is 21.2. The fraction of sp³-hybridized carbons (Fsp3) is 0.167. The van der Waals surface area contributed by atoms with Crippen molar-refractivity contribution >= 4 is 16.8 Å². The molecule has 0 radical (unpaired) electrons. The van der Waals surface area contributed by atoms with Crippen LogP contribution in [0.25, 0.3) is 22.2 Å². The van der Waals surface area contributed by atoms with Gasteiger partial charge in [0.25, 0.3) is 5.91 Å². The molecule has 0 spiro atoms. The third-order valence-electron chi connectivity index (χ3n) is 5.35. The van der Waals surface area contributed by atoms with Crippen LogP contribution in [0, 0.1) is 5.82 Å². The SMILES string of the molecule is O=C(c1cccc2cccnc12)N1CCO[C@@H](c2cncc(-c3ccccc3F)n2)C1. The molecule has 2 aromatic carbocycles. The predicted octanol–water partition coefficient (Wildman–Crippen LogP) is 4.04. The van der Waals surface area contributed by atoms with Crippen LogP contribution >= 0.6 is 0 Å². The zero-order valence-corrected chi connectivity index (χ0v) is 16.6. The van der Waals surface area contributed by atoms with Crippen LogP contribution in [-0.4, -0.2) is 45.5 Å². The van der Waals surface area contributed by atoms with Gasteiger partial charge in [0.05, 0.1) is 48.0 Å². The molecule has 3 heterocycles. The molecule has 1 fully saturated rings. The Morgan fingerprint density at radius 3 is 2.84 bits per heavy atom. The summed E-state index contributed by atoms with van der Waals surface area (Å²) in [5.74, 6) is -0.463. The normalized spacial score (nSPS) is 16.4. The molecule has 4 aromatic rings. The minimum Gasteiger partial charge on any atom is -0.368 e. The van der Waals surface area contributed by atoms with Crippen molar-refractivity contribution in [2.24, 2.45) is 0 Å². The Labute approximate surface area is 178 Å². The maximum atomic E-state index is 14.2. The number of hydrogen-bond donors (Lipinski definition) is 0. The first-order chi connectivity index (χ1) is 15.2. The molecule has 31 heavy (non-hydrogen) atoms. The molecule has 1 saturated heterocycles. The van der Waals surface area contributed by atoms with Gasteiger partial charge in [-0.3, -0.25) is 14.8 Å². The number of carbonyl (C=O) groups excluding carboxylic acids is 1. The highest BCUT2D eigenvalue weighted by Crippen LogP contribution is 2.26. The molecule has 1 atom stereocenters. The van der Waals surface area contributed by atoms with E-state index in [1.54, 1.807) is 41.6 Å². The van der Waals surface area contributed by atoms with Crippen LogP contribution < -0.4 is 0 Å². The van der Waals surface area contributed by atoms with Crippen LogP contribution in [0.15, 0.2) is 73.2 Å². The number of halogens is 1. The molecular formula is C24H19FN4O2. The lowest BCUT2D eigenvalue weighted by Gasteiger charge is -2.32. The summed E-state index contributed by atoms with van der Waals surface area (Å²) in [6.07, 6.45) is 4.36. The van der Waals surface area contributed by atoms with Crippen molar-refractivity contribution in [3.8, 4) is 11.3 Å². The molecule has 5 rings (SSSR count). The van der Waals surface area contributed by atoms with Crippen LogP contribution in [0.2, 0.25) is 0 Å². The lowest BCUT2D eigenvalue weighted by Crippen LogP contribution is -2.42. The van der Waals surface area contributed by atoms with Gasteiger partial charge >= 0.3 is 0 Å². The maximum absolute atomic E-state index is 14.2. The number of morpholine rings is 1. The third kappa shape index (κ3) is 3.75. The summed E-state index contributed by atoms with van der Waals surface area (Å²) >= 11 is 0. The van der Waals surface area contributed by atoms with Crippen molar-refractivity contribution in [1.29, 1.82) is 0 Å². The molecule has 154 valence electrons. The smallest absolute Gasteiger partial charge is 0.256 e. The Hall–Kier alpha value is -3.71. The van der Waals surface area contributed by atoms with Crippen molar-refractivity contribution in [1.82, 2.24) is 19.9 Å². The first-order valence-corrected chi connectivity index (χ1v) is 10.0. The molecule has 0 aliphatic carbocycles. The Morgan fingerprint density at radius 1 is 1.06 bits per heavy atom. The fourth-order valence-corrected chi connectivity index (χ4v) is 3.79. The van der Waals surface area contributed by atoms with E-state index in [0.29, 0.717) is 47.7 Å². The number of pyridine rings is 1. The molecule has 6 nitrogen and oxygen atoms in total.